The fourth-order valence-corrected chi connectivity index (χ4v) is 2.77. The summed E-state index contributed by atoms with van der Waals surface area (Å²) in [6, 6.07) is 5.32. The Hall–Kier alpha value is -1.79. The average Bonchev–Trinajstić information content (AvgIpc) is 3.03. The highest BCUT2D eigenvalue weighted by Gasteiger charge is 2.18. The molecule has 1 amide bonds. The van der Waals surface area contributed by atoms with Gasteiger partial charge in [0.25, 0.3) is 0 Å². The van der Waals surface area contributed by atoms with E-state index in [2.05, 4.69) is 15.3 Å². The minimum atomic E-state index is -0.439. The number of aromatic nitrogens is 2. The van der Waals surface area contributed by atoms with Crippen LogP contribution in [0.1, 0.15) is 25.3 Å². The van der Waals surface area contributed by atoms with Crippen molar-refractivity contribution in [1.29, 1.82) is 0 Å². The first-order chi connectivity index (χ1) is 10.6. The highest BCUT2D eigenvalue weighted by atomic mass is 32.1. The third-order valence-corrected chi connectivity index (χ3v) is 4.59. The van der Waals surface area contributed by atoms with Crippen molar-refractivity contribution < 1.29 is 4.79 Å². The highest BCUT2D eigenvalue weighted by Crippen LogP contribution is 2.19. The fraction of sp³-hybridized carbons (Fsp3) is 0.438. The molecule has 0 bridgehead atoms. The molecule has 2 heterocycles. The minimum absolute atomic E-state index is 0.0872. The van der Waals surface area contributed by atoms with E-state index in [1.54, 1.807) is 17.5 Å². The monoisotopic (exact) mass is 318 g/mol. The number of carbonyl (C=O) groups excluding carboxylic acids is 1. The van der Waals surface area contributed by atoms with Crippen LogP contribution in [0.5, 0.6) is 0 Å². The Morgan fingerprint density at radius 3 is 2.91 bits per heavy atom. The van der Waals surface area contributed by atoms with Crippen LogP contribution in [0.15, 0.2) is 29.8 Å². The molecule has 6 heteroatoms. The second-order valence-electron chi connectivity index (χ2n) is 5.29. The number of nitrogens with zero attached hydrogens (tertiary/aromatic N) is 2. The Morgan fingerprint density at radius 1 is 1.41 bits per heavy atom. The van der Waals surface area contributed by atoms with Crippen LogP contribution in [0.4, 0.5) is 0 Å². The predicted octanol–water partition coefficient (Wildman–Crippen LogP) is 2.24. The van der Waals surface area contributed by atoms with E-state index in [9.17, 15) is 4.79 Å². The zero-order chi connectivity index (χ0) is 15.9. The number of carbonyl (C=O) groups is 1. The van der Waals surface area contributed by atoms with Crippen molar-refractivity contribution in [1.82, 2.24) is 15.3 Å². The average molecular weight is 318 g/mol. The largest absolute Gasteiger partial charge is 0.354 e. The van der Waals surface area contributed by atoms with Gasteiger partial charge in [-0.25, -0.2) is 4.98 Å². The third kappa shape index (κ3) is 4.35. The van der Waals surface area contributed by atoms with Crippen LogP contribution in [-0.4, -0.2) is 28.5 Å². The molecule has 2 aromatic rings. The number of hydrogen-bond donors (Lipinski definition) is 2. The molecule has 0 saturated heterocycles. The number of pyridine rings is 1. The molecule has 3 N–H and O–H groups in total. The van der Waals surface area contributed by atoms with Crippen molar-refractivity contribution >= 4 is 17.2 Å². The first kappa shape index (κ1) is 16.6. The minimum Gasteiger partial charge on any atom is -0.354 e. The molecule has 22 heavy (non-hydrogen) atoms. The number of rotatable bonds is 7. The maximum absolute atomic E-state index is 11.9. The summed E-state index contributed by atoms with van der Waals surface area (Å²) in [4.78, 5) is 20.7. The molecule has 5 nitrogen and oxygen atoms in total. The quantitative estimate of drug-likeness (QED) is 0.820. The van der Waals surface area contributed by atoms with Crippen LogP contribution >= 0.6 is 11.3 Å². The van der Waals surface area contributed by atoms with E-state index in [-0.39, 0.29) is 11.8 Å². The maximum atomic E-state index is 11.9. The summed E-state index contributed by atoms with van der Waals surface area (Å²) in [5.41, 5.74) is 7.64. The molecule has 2 aromatic heterocycles. The lowest BCUT2D eigenvalue weighted by Crippen LogP contribution is -2.45. The highest BCUT2D eigenvalue weighted by molar-refractivity contribution is 7.09. The standard InChI is InChI=1S/C16H22N4OS/c1-3-11(2)15(17)16(21)19-9-7-14-20-13(10-22-14)12-6-4-5-8-18-12/h4-6,8,10-11,15H,3,7,9,17H2,1-2H3,(H,19,21). The molecule has 0 aliphatic carbocycles. The first-order valence-electron chi connectivity index (χ1n) is 7.51. The first-order valence-corrected chi connectivity index (χ1v) is 8.39. The number of thiazole rings is 1. The van der Waals surface area contributed by atoms with Crippen LogP contribution in [0.25, 0.3) is 11.4 Å². The molecule has 2 unspecified atom stereocenters. The normalized spacial score (nSPS) is 13.6. The van der Waals surface area contributed by atoms with E-state index in [0.29, 0.717) is 13.0 Å². The van der Waals surface area contributed by atoms with Crippen molar-refractivity contribution in [3.05, 3.63) is 34.8 Å². The van der Waals surface area contributed by atoms with E-state index in [1.165, 1.54) is 0 Å². The van der Waals surface area contributed by atoms with Crippen LogP contribution in [0, 0.1) is 5.92 Å². The Bertz CT molecular complexity index is 599. The summed E-state index contributed by atoms with van der Waals surface area (Å²) >= 11 is 1.58. The molecule has 0 aliphatic heterocycles. The van der Waals surface area contributed by atoms with Gasteiger partial charge in [-0.3, -0.25) is 9.78 Å². The Labute approximate surface area is 135 Å². The fourth-order valence-electron chi connectivity index (χ4n) is 1.98. The van der Waals surface area contributed by atoms with Gasteiger partial charge in [0.15, 0.2) is 0 Å². The van der Waals surface area contributed by atoms with Crippen molar-refractivity contribution in [2.45, 2.75) is 32.7 Å². The van der Waals surface area contributed by atoms with Crippen LogP contribution in [0.2, 0.25) is 0 Å². The summed E-state index contributed by atoms with van der Waals surface area (Å²) in [6.07, 6.45) is 3.36. The van der Waals surface area contributed by atoms with E-state index < -0.39 is 6.04 Å². The molecule has 2 rings (SSSR count). The molecular formula is C16H22N4OS. The third-order valence-electron chi connectivity index (χ3n) is 3.68. The maximum Gasteiger partial charge on any atom is 0.237 e. The van der Waals surface area contributed by atoms with Crippen LogP contribution < -0.4 is 11.1 Å². The number of nitrogens with one attached hydrogen (secondary N) is 1. The second-order valence-corrected chi connectivity index (χ2v) is 6.24. The SMILES string of the molecule is CCC(C)C(N)C(=O)NCCc1nc(-c2ccccn2)cs1. The number of hydrogen-bond acceptors (Lipinski definition) is 5. The van der Waals surface area contributed by atoms with Crippen LogP contribution in [0.3, 0.4) is 0 Å². The molecule has 118 valence electrons. The number of amides is 1. The Balaban J connectivity index is 1.83. The van der Waals surface area contributed by atoms with E-state index in [1.807, 2.05) is 37.4 Å². The zero-order valence-corrected chi connectivity index (χ0v) is 13.8. The van der Waals surface area contributed by atoms with Gasteiger partial charge in [0.2, 0.25) is 5.91 Å². The molecule has 2 atom stereocenters. The lowest BCUT2D eigenvalue weighted by Gasteiger charge is -2.17. The summed E-state index contributed by atoms with van der Waals surface area (Å²) in [6.45, 7) is 4.58. The van der Waals surface area contributed by atoms with Gasteiger partial charge in [0, 0.05) is 24.5 Å². The van der Waals surface area contributed by atoms with E-state index >= 15 is 0 Å². The lowest BCUT2D eigenvalue weighted by atomic mass is 9.99. The topological polar surface area (TPSA) is 80.9 Å². The molecule has 0 fully saturated rings. The van der Waals surface area contributed by atoms with Crippen molar-refractivity contribution in [2.75, 3.05) is 6.54 Å². The number of nitrogens with two attached hydrogens (primary N) is 1. The van der Waals surface area contributed by atoms with Crippen molar-refractivity contribution in [3.8, 4) is 11.4 Å². The van der Waals surface area contributed by atoms with Gasteiger partial charge in [-0.15, -0.1) is 11.3 Å². The Morgan fingerprint density at radius 2 is 2.23 bits per heavy atom. The molecule has 0 aromatic carbocycles. The summed E-state index contributed by atoms with van der Waals surface area (Å²) in [5.74, 6) is 0.103. The van der Waals surface area contributed by atoms with Gasteiger partial charge in [0.1, 0.15) is 0 Å². The van der Waals surface area contributed by atoms with Crippen molar-refractivity contribution in [3.63, 3.8) is 0 Å². The molecule has 0 spiro atoms. The molecule has 0 radical (unpaired) electrons. The van der Waals surface area contributed by atoms with Gasteiger partial charge in [0.05, 0.1) is 22.4 Å². The summed E-state index contributed by atoms with van der Waals surface area (Å²) < 4.78 is 0. The van der Waals surface area contributed by atoms with Gasteiger partial charge < -0.3 is 11.1 Å². The summed E-state index contributed by atoms with van der Waals surface area (Å²) in [7, 11) is 0. The van der Waals surface area contributed by atoms with Gasteiger partial charge in [-0.2, -0.15) is 0 Å². The summed E-state index contributed by atoms with van der Waals surface area (Å²) in [5, 5.41) is 5.86. The molecular weight excluding hydrogens is 296 g/mol. The zero-order valence-electron chi connectivity index (χ0n) is 13.0. The molecule has 0 aliphatic rings. The predicted molar refractivity (Wildman–Crippen MR) is 89.5 cm³/mol. The lowest BCUT2D eigenvalue weighted by molar-refractivity contribution is -0.123. The Kier molecular flexibility index (Phi) is 6.03. The smallest absolute Gasteiger partial charge is 0.237 e. The molecule has 0 saturated carbocycles. The van der Waals surface area contributed by atoms with Crippen LogP contribution in [-0.2, 0) is 11.2 Å². The van der Waals surface area contributed by atoms with Gasteiger partial charge in [-0.05, 0) is 18.1 Å². The van der Waals surface area contributed by atoms with Gasteiger partial charge >= 0.3 is 0 Å². The van der Waals surface area contributed by atoms with E-state index in [4.69, 9.17) is 5.73 Å². The second kappa shape index (κ2) is 8.00. The van der Waals surface area contributed by atoms with Gasteiger partial charge in [-0.1, -0.05) is 26.3 Å². The van der Waals surface area contributed by atoms with E-state index in [0.717, 1.165) is 22.8 Å². The van der Waals surface area contributed by atoms with Crippen molar-refractivity contribution in [2.24, 2.45) is 11.7 Å².